The van der Waals surface area contributed by atoms with Crippen molar-refractivity contribution in [1.82, 2.24) is 9.21 Å². The molecule has 3 atom stereocenters. The number of aliphatic hydroxyl groups is 1. The lowest BCUT2D eigenvalue weighted by Crippen LogP contribution is -2.50. The second-order valence-corrected chi connectivity index (χ2v) is 12.3. The Morgan fingerprint density at radius 2 is 1.89 bits per heavy atom. The van der Waals surface area contributed by atoms with Gasteiger partial charge in [-0.15, -0.1) is 0 Å². The highest BCUT2D eigenvalue weighted by Gasteiger charge is 2.38. The largest absolute Gasteiger partial charge is 0.487 e. The van der Waals surface area contributed by atoms with E-state index in [2.05, 4.69) is 23.8 Å². The third-order valence-corrected chi connectivity index (χ3v) is 9.30. The molecule has 0 bridgehead atoms. The predicted molar refractivity (Wildman–Crippen MR) is 144 cm³/mol. The van der Waals surface area contributed by atoms with E-state index < -0.39 is 21.9 Å². The monoisotopic (exact) mass is 544 g/mol. The molecule has 9 heteroatoms. The quantitative estimate of drug-likeness (QED) is 0.562. The minimum atomic E-state index is -3.94. The van der Waals surface area contributed by atoms with Gasteiger partial charge in [-0.2, -0.15) is 4.31 Å². The van der Waals surface area contributed by atoms with Crippen LogP contribution in [0.1, 0.15) is 37.8 Å². The summed E-state index contributed by atoms with van der Waals surface area (Å²) in [4.78, 5) is 2.28. The van der Waals surface area contributed by atoms with Gasteiger partial charge in [0.2, 0.25) is 10.0 Å². The van der Waals surface area contributed by atoms with Crippen molar-refractivity contribution in [2.24, 2.45) is 11.8 Å². The van der Waals surface area contributed by atoms with Gasteiger partial charge in [0.05, 0.1) is 12.2 Å². The van der Waals surface area contributed by atoms with E-state index in [4.69, 9.17) is 9.47 Å². The van der Waals surface area contributed by atoms with E-state index in [0.717, 1.165) is 32.6 Å². The average Bonchev–Trinajstić information content (AvgIpc) is 2.90. The number of benzene rings is 2. The standard InChI is InChI=1S/C29H37FN2O5S/c1-21-17-32(22(2)20-33)38(34,35)29-11-9-23(8-10-25-6-4-5-7-26(25)30)16-27(29)37-28(21)19-31(3)18-24-12-14-36-15-13-24/h4-7,9,11,16,21-22,24,28,33H,12-15,17-20H2,1-3H3/t21-,22-,28-/m1/s1. The van der Waals surface area contributed by atoms with E-state index in [1.165, 1.54) is 16.4 Å². The van der Waals surface area contributed by atoms with E-state index in [1.54, 1.807) is 37.3 Å². The highest BCUT2D eigenvalue weighted by molar-refractivity contribution is 7.89. The molecule has 1 N–H and O–H groups in total. The topological polar surface area (TPSA) is 79.3 Å². The number of ether oxygens (including phenoxy) is 2. The first-order valence-corrected chi connectivity index (χ1v) is 14.6. The maximum absolute atomic E-state index is 14.1. The Labute approximate surface area is 225 Å². The van der Waals surface area contributed by atoms with Gasteiger partial charge in [-0.25, -0.2) is 12.8 Å². The lowest BCUT2D eigenvalue weighted by atomic mass is 9.98. The molecule has 2 heterocycles. The van der Waals surface area contributed by atoms with Crippen molar-refractivity contribution in [2.45, 2.75) is 43.7 Å². The Kier molecular flexibility index (Phi) is 9.45. The number of nitrogens with zero attached hydrogens (tertiary/aromatic N) is 2. The Morgan fingerprint density at radius 1 is 1.16 bits per heavy atom. The Morgan fingerprint density at radius 3 is 2.61 bits per heavy atom. The highest BCUT2D eigenvalue weighted by atomic mass is 32.2. The van der Waals surface area contributed by atoms with Gasteiger partial charge < -0.3 is 19.5 Å². The predicted octanol–water partition coefficient (Wildman–Crippen LogP) is 3.35. The number of hydrogen-bond acceptors (Lipinski definition) is 6. The maximum atomic E-state index is 14.1. The molecule has 38 heavy (non-hydrogen) atoms. The van der Waals surface area contributed by atoms with Crippen LogP contribution in [-0.2, 0) is 14.8 Å². The minimum Gasteiger partial charge on any atom is -0.487 e. The molecule has 0 unspecified atom stereocenters. The summed E-state index contributed by atoms with van der Waals surface area (Å²) in [5, 5.41) is 9.85. The Balaban J connectivity index is 1.67. The molecule has 0 saturated carbocycles. The highest BCUT2D eigenvalue weighted by Crippen LogP contribution is 2.34. The van der Waals surface area contributed by atoms with Gasteiger partial charge in [-0.3, -0.25) is 0 Å². The molecule has 0 spiro atoms. The first-order chi connectivity index (χ1) is 18.2. The smallest absolute Gasteiger partial charge is 0.247 e. The minimum absolute atomic E-state index is 0.0400. The van der Waals surface area contributed by atoms with Gasteiger partial charge in [0, 0.05) is 50.4 Å². The van der Waals surface area contributed by atoms with Crippen LogP contribution >= 0.6 is 0 Å². The summed E-state index contributed by atoms with van der Waals surface area (Å²) < 4.78 is 54.7. The SMILES string of the molecule is C[C@@H]1CN([C@H](C)CO)S(=O)(=O)c2ccc(C#Cc3ccccc3F)cc2O[C@@H]1CN(C)CC1CCOCC1. The molecule has 2 aromatic rings. The maximum Gasteiger partial charge on any atom is 0.247 e. The summed E-state index contributed by atoms with van der Waals surface area (Å²) in [7, 11) is -1.88. The van der Waals surface area contributed by atoms with Crippen molar-refractivity contribution >= 4 is 10.0 Å². The first kappa shape index (κ1) is 28.5. The van der Waals surface area contributed by atoms with Gasteiger partial charge in [0.1, 0.15) is 22.6 Å². The van der Waals surface area contributed by atoms with Crippen LogP contribution < -0.4 is 4.74 Å². The summed E-state index contributed by atoms with van der Waals surface area (Å²) in [6.45, 7) is 6.71. The van der Waals surface area contributed by atoms with Crippen molar-refractivity contribution in [3.63, 3.8) is 0 Å². The molecular weight excluding hydrogens is 507 g/mol. The Hall–Kier alpha value is -2.48. The summed E-state index contributed by atoms with van der Waals surface area (Å²) in [5.74, 6) is 5.98. The molecule has 1 fully saturated rings. The second kappa shape index (κ2) is 12.6. The zero-order chi connectivity index (χ0) is 27.3. The van der Waals surface area contributed by atoms with Crippen LogP contribution in [0.3, 0.4) is 0 Å². The summed E-state index contributed by atoms with van der Waals surface area (Å²) in [5.41, 5.74) is 0.781. The molecule has 206 valence electrons. The van der Waals surface area contributed by atoms with E-state index in [9.17, 15) is 17.9 Å². The fraction of sp³-hybridized carbons (Fsp3) is 0.517. The number of fused-ring (bicyclic) bond motifs is 1. The molecule has 1 saturated heterocycles. The molecule has 4 rings (SSSR count). The van der Waals surface area contributed by atoms with E-state index >= 15 is 0 Å². The van der Waals surface area contributed by atoms with Crippen molar-refractivity contribution in [2.75, 3.05) is 46.5 Å². The van der Waals surface area contributed by atoms with Crippen molar-refractivity contribution in [3.8, 4) is 17.6 Å². The zero-order valence-electron chi connectivity index (χ0n) is 22.3. The molecule has 0 radical (unpaired) electrons. The number of aliphatic hydroxyl groups excluding tert-OH is 1. The van der Waals surface area contributed by atoms with E-state index in [-0.39, 0.29) is 41.4 Å². The van der Waals surface area contributed by atoms with Gasteiger partial charge >= 0.3 is 0 Å². The second-order valence-electron chi connectivity index (χ2n) is 10.4. The number of rotatable bonds is 6. The lowest BCUT2D eigenvalue weighted by molar-refractivity contribution is 0.0402. The zero-order valence-corrected chi connectivity index (χ0v) is 23.1. The third kappa shape index (κ3) is 6.74. The van der Waals surface area contributed by atoms with E-state index in [0.29, 0.717) is 18.0 Å². The molecule has 0 aliphatic carbocycles. The fourth-order valence-electron chi connectivity index (χ4n) is 4.97. The van der Waals surface area contributed by atoms with Gasteiger partial charge in [0.15, 0.2) is 0 Å². The number of likely N-dealkylation sites (N-methyl/N-ethyl adjacent to an activating group) is 1. The summed E-state index contributed by atoms with van der Waals surface area (Å²) in [6, 6.07) is 10.4. The first-order valence-electron chi connectivity index (χ1n) is 13.1. The molecular formula is C29H37FN2O5S. The molecule has 0 aromatic heterocycles. The fourth-order valence-corrected chi connectivity index (χ4v) is 6.80. The van der Waals surface area contributed by atoms with Crippen LogP contribution in [-0.4, -0.2) is 81.4 Å². The Bertz CT molecular complexity index is 1270. The average molecular weight is 545 g/mol. The van der Waals surface area contributed by atoms with Gasteiger partial charge in [0.25, 0.3) is 0 Å². The van der Waals surface area contributed by atoms with Crippen molar-refractivity contribution in [3.05, 3.63) is 59.4 Å². The van der Waals surface area contributed by atoms with Crippen LogP contribution in [0.25, 0.3) is 0 Å². The van der Waals surface area contributed by atoms with Crippen molar-refractivity contribution in [1.29, 1.82) is 0 Å². The summed E-state index contributed by atoms with van der Waals surface area (Å²) >= 11 is 0. The normalized spacial score (nSPS) is 22.9. The van der Waals surface area contributed by atoms with Crippen LogP contribution in [0, 0.1) is 29.5 Å². The lowest BCUT2D eigenvalue weighted by Gasteiger charge is -2.38. The van der Waals surface area contributed by atoms with Crippen LogP contribution in [0.5, 0.6) is 5.75 Å². The molecule has 0 amide bonds. The molecule has 7 nitrogen and oxygen atoms in total. The van der Waals surface area contributed by atoms with Crippen LogP contribution in [0.2, 0.25) is 0 Å². The van der Waals surface area contributed by atoms with Gasteiger partial charge in [-0.1, -0.05) is 30.9 Å². The number of hydrogen-bond donors (Lipinski definition) is 1. The third-order valence-electron chi connectivity index (χ3n) is 7.28. The molecule has 2 aliphatic heterocycles. The number of sulfonamides is 1. The van der Waals surface area contributed by atoms with E-state index in [1.807, 2.05) is 6.92 Å². The molecule has 2 aromatic carbocycles. The number of halogens is 1. The van der Waals surface area contributed by atoms with Gasteiger partial charge in [-0.05, 0) is 63.1 Å². The van der Waals surface area contributed by atoms with Crippen LogP contribution in [0.4, 0.5) is 4.39 Å². The summed E-state index contributed by atoms with van der Waals surface area (Å²) in [6.07, 6.45) is 1.76. The van der Waals surface area contributed by atoms with Crippen LogP contribution in [0.15, 0.2) is 47.4 Å². The van der Waals surface area contributed by atoms with Crippen molar-refractivity contribution < 1.29 is 27.4 Å². The molecule has 2 aliphatic rings.